The fourth-order valence-corrected chi connectivity index (χ4v) is 7.53. The maximum atomic E-state index is 2.72. The van der Waals surface area contributed by atoms with Crippen molar-refractivity contribution in [2.45, 2.75) is 85.0 Å². The van der Waals surface area contributed by atoms with Crippen molar-refractivity contribution < 1.29 is 0 Å². The molecule has 0 heterocycles. The highest BCUT2D eigenvalue weighted by Crippen LogP contribution is 2.67. The SMILES string of the molecule is CCC1CCC2C1CCC1C3(C)CCCCC3=CCC21C. The van der Waals surface area contributed by atoms with E-state index in [2.05, 4.69) is 26.8 Å². The van der Waals surface area contributed by atoms with E-state index in [9.17, 15) is 0 Å². The molecule has 21 heavy (non-hydrogen) atoms. The molecule has 0 amide bonds. The van der Waals surface area contributed by atoms with Crippen LogP contribution in [0.15, 0.2) is 11.6 Å². The summed E-state index contributed by atoms with van der Waals surface area (Å²) in [5, 5.41) is 0. The number of rotatable bonds is 1. The first-order valence-corrected chi connectivity index (χ1v) is 9.79. The minimum Gasteiger partial charge on any atom is -0.0842 e. The molecular formula is C21H34. The molecular weight excluding hydrogens is 252 g/mol. The lowest BCUT2D eigenvalue weighted by atomic mass is 9.44. The summed E-state index contributed by atoms with van der Waals surface area (Å²) < 4.78 is 0. The highest BCUT2D eigenvalue weighted by molar-refractivity contribution is 5.26. The van der Waals surface area contributed by atoms with Gasteiger partial charge >= 0.3 is 0 Å². The lowest BCUT2D eigenvalue weighted by Crippen LogP contribution is -2.52. The van der Waals surface area contributed by atoms with Crippen LogP contribution in [-0.4, -0.2) is 0 Å². The van der Waals surface area contributed by atoms with E-state index < -0.39 is 0 Å². The van der Waals surface area contributed by atoms with Gasteiger partial charge in [0.15, 0.2) is 0 Å². The lowest BCUT2D eigenvalue weighted by Gasteiger charge is -2.60. The van der Waals surface area contributed by atoms with E-state index in [0.717, 1.165) is 23.7 Å². The molecule has 0 saturated heterocycles. The zero-order chi connectivity index (χ0) is 14.7. The molecule has 4 aliphatic carbocycles. The third-order valence-corrected chi connectivity index (χ3v) is 8.61. The van der Waals surface area contributed by atoms with Crippen molar-refractivity contribution in [3.8, 4) is 0 Å². The molecule has 0 nitrogen and oxygen atoms in total. The van der Waals surface area contributed by atoms with Gasteiger partial charge in [0.05, 0.1) is 0 Å². The van der Waals surface area contributed by atoms with Gasteiger partial charge in [0.25, 0.3) is 0 Å². The van der Waals surface area contributed by atoms with Crippen molar-refractivity contribution in [3.63, 3.8) is 0 Å². The van der Waals surface area contributed by atoms with Crippen LogP contribution in [0.1, 0.15) is 85.0 Å². The highest BCUT2D eigenvalue weighted by Gasteiger charge is 2.58. The smallest absolute Gasteiger partial charge is 0.00827 e. The molecule has 6 atom stereocenters. The molecule has 4 aliphatic rings. The fourth-order valence-electron chi connectivity index (χ4n) is 7.53. The summed E-state index contributed by atoms with van der Waals surface area (Å²) in [4.78, 5) is 0. The predicted octanol–water partition coefficient (Wildman–Crippen LogP) is 6.37. The van der Waals surface area contributed by atoms with Crippen molar-refractivity contribution in [2.75, 3.05) is 0 Å². The lowest BCUT2D eigenvalue weighted by molar-refractivity contribution is -0.0665. The third kappa shape index (κ3) is 1.86. The van der Waals surface area contributed by atoms with Crippen LogP contribution in [0.4, 0.5) is 0 Å². The van der Waals surface area contributed by atoms with Crippen LogP contribution in [0.2, 0.25) is 0 Å². The molecule has 0 aromatic heterocycles. The maximum absolute atomic E-state index is 2.72. The quantitative estimate of drug-likeness (QED) is 0.492. The molecule has 0 N–H and O–H groups in total. The summed E-state index contributed by atoms with van der Waals surface area (Å²) in [5.74, 6) is 4.15. The van der Waals surface area contributed by atoms with Gasteiger partial charge < -0.3 is 0 Å². The monoisotopic (exact) mass is 286 g/mol. The number of hydrogen-bond donors (Lipinski definition) is 0. The Bertz CT molecular complexity index is 447. The van der Waals surface area contributed by atoms with Crippen LogP contribution in [0.25, 0.3) is 0 Å². The van der Waals surface area contributed by atoms with Gasteiger partial charge in [-0.1, -0.05) is 45.3 Å². The maximum Gasteiger partial charge on any atom is -0.00827 e. The summed E-state index contributed by atoms with van der Waals surface area (Å²) in [7, 11) is 0. The van der Waals surface area contributed by atoms with Gasteiger partial charge in [-0.15, -0.1) is 0 Å². The summed E-state index contributed by atoms with van der Waals surface area (Å²) in [6, 6.07) is 0. The summed E-state index contributed by atoms with van der Waals surface area (Å²) in [6.07, 6.45) is 17.5. The van der Waals surface area contributed by atoms with Crippen molar-refractivity contribution in [1.82, 2.24) is 0 Å². The Balaban J connectivity index is 1.70. The van der Waals surface area contributed by atoms with Crippen molar-refractivity contribution in [2.24, 2.45) is 34.5 Å². The largest absolute Gasteiger partial charge is 0.0842 e. The van der Waals surface area contributed by atoms with E-state index in [1.807, 2.05) is 5.57 Å². The Morgan fingerprint density at radius 3 is 2.76 bits per heavy atom. The van der Waals surface area contributed by atoms with E-state index in [-0.39, 0.29) is 0 Å². The highest BCUT2D eigenvalue weighted by atomic mass is 14.6. The van der Waals surface area contributed by atoms with E-state index in [1.165, 1.54) is 57.8 Å². The Morgan fingerprint density at radius 2 is 1.95 bits per heavy atom. The van der Waals surface area contributed by atoms with Crippen LogP contribution in [-0.2, 0) is 0 Å². The van der Waals surface area contributed by atoms with Gasteiger partial charge in [-0.25, -0.2) is 0 Å². The topological polar surface area (TPSA) is 0 Å². The third-order valence-electron chi connectivity index (χ3n) is 8.61. The molecule has 0 heteroatoms. The molecule has 0 aromatic carbocycles. The van der Waals surface area contributed by atoms with Crippen molar-refractivity contribution >= 4 is 0 Å². The van der Waals surface area contributed by atoms with Gasteiger partial charge in [-0.2, -0.15) is 0 Å². The molecule has 0 radical (unpaired) electrons. The minimum atomic E-state index is 0.570. The molecule has 0 aromatic rings. The molecule has 3 saturated carbocycles. The number of fused-ring (bicyclic) bond motifs is 5. The second-order valence-electron chi connectivity index (χ2n) is 9.21. The van der Waals surface area contributed by atoms with Crippen LogP contribution in [0, 0.1) is 34.5 Å². The van der Waals surface area contributed by atoms with Gasteiger partial charge in [-0.3, -0.25) is 0 Å². The van der Waals surface area contributed by atoms with Gasteiger partial charge in [0.2, 0.25) is 0 Å². The first-order chi connectivity index (χ1) is 10.1. The van der Waals surface area contributed by atoms with Gasteiger partial charge in [0, 0.05) is 0 Å². The van der Waals surface area contributed by atoms with Gasteiger partial charge in [0.1, 0.15) is 0 Å². The zero-order valence-corrected chi connectivity index (χ0v) is 14.5. The average molecular weight is 287 g/mol. The van der Waals surface area contributed by atoms with E-state index in [0.29, 0.717) is 10.8 Å². The van der Waals surface area contributed by atoms with Gasteiger partial charge in [-0.05, 0) is 85.9 Å². The first kappa shape index (κ1) is 14.3. The minimum absolute atomic E-state index is 0.570. The number of allylic oxidation sites excluding steroid dienone is 2. The van der Waals surface area contributed by atoms with Crippen molar-refractivity contribution in [3.05, 3.63) is 11.6 Å². The molecule has 0 spiro atoms. The summed E-state index contributed by atoms with van der Waals surface area (Å²) in [5.41, 5.74) is 3.06. The summed E-state index contributed by atoms with van der Waals surface area (Å²) in [6.45, 7) is 7.77. The Morgan fingerprint density at radius 1 is 1.10 bits per heavy atom. The standard InChI is InChI=1S/C21H34/c1-4-15-8-10-18-17(15)9-11-19-20(2)13-6-5-7-16(20)12-14-21(18,19)3/h12,15,17-19H,4-11,13-14H2,1-3H3. The van der Waals surface area contributed by atoms with Crippen LogP contribution in [0.5, 0.6) is 0 Å². The zero-order valence-electron chi connectivity index (χ0n) is 14.5. The fraction of sp³-hybridized carbons (Fsp3) is 0.905. The molecule has 118 valence electrons. The molecule has 4 rings (SSSR count). The predicted molar refractivity (Wildman–Crippen MR) is 90.1 cm³/mol. The van der Waals surface area contributed by atoms with E-state index >= 15 is 0 Å². The van der Waals surface area contributed by atoms with Crippen molar-refractivity contribution in [1.29, 1.82) is 0 Å². The first-order valence-electron chi connectivity index (χ1n) is 9.79. The average Bonchev–Trinajstić information content (AvgIpc) is 2.91. The normalized spacial score (nSPS) is 52.6. The Kier molecular flexibility index (Phi) is 3.32. The summed E-state index contributed by atoms with van der Waals surface area (Å²) >= 11 is 0. The van der Waals surface area contributed by atoms with Crippen LogP contribution < -0.4 is 0 Å². The second-order valence-corrected chi connectivity index (χ2v) is 9.21. The van der Waals surface area contributed by atoms with E-state index in [1.54, 1.807) is 6.42 Å². The Labute approximate surface area is 131 Å². The van der Waals surface area contributed by atoms with Crippen LogP contribution in [0.3, 0.4) is 0 Å². The number of hydrogen-bond acceptors (Lipinski definition) is 0. The van der Waals surface area contributed by atoms with E-state index in [4.69, 9.17) is 0 Å². The Hall–Kier alpha value is -0.260. The van der Waals surface area contributed by atoms with Crippen LogP contribution >= 0.6 is 0 Å². The molecule has 0 aliphatic heterocycles. The molecule has 6 unspecified atom stereocenters. The molecule has 3 fully saturated rings. The molecule has 0 bridgehead atoms. The second kappa shape index (κ2) is 4.87.